The second kappa shape index (κ2) is 19.2. The summed E-state index contributed by atoms with van der Waals surface area (Å²) in [7, 11) is 0. The monoisotopic (exact) mass is 326 g/mol. The third-order valence-electron chi connectivity index (χ3n) is 3.91. The maximum atomic E-state index is 11.2. The summed E-state index contributed by atoms with van der Waals surface area (Å²) >= 11 is 0. The Bertz CT molecular complexity index is 274. The summed E-state index contributed by atoms with van der Waals surface area (Å²) in [5, 5.41) is 0. The molecule has 23 heavy (non-hydrogen) atoms. The molecule has 136 valence electrons. The first kappa shape index (κ1) is 22.2. The molecular formula is C20H38O3. The summed E-state index contributed by atoms with van der Waals surface area (Å²) < 4.78 is 0. The first-order chi connectivity index (χ1) is 11.3. The van der Waals surface area contributed by atoms with Crippen molar-refractivity contribution in [1.29, 1.82) is 0 Å². The molecule has 0 rings (SSSR count). The molecule has 0 N–H and O–H groups in total. The minimum Gasteiger partial charge on any atom is -0.298 e. The summed E-state index contributed by atoms with van der Waals surface area (Å²) in [5.41, 5.74) is 0. The van der Waals surface area contributed by atoms with Gasteiger partial charge < -0.3 is 0 Å². The Hall–Kier alpha value is -0.830. The molecule has 0 bridgehead atoms. The van der Waals surface area contributed by atoms with Gasteiger partial charge in [0.2, 0.25) is 0 Å². The van der Waals surface area contributed by atoms with Crippen LogP contribution in [0.2, 0.25) is 0 Å². The molecule has 0 atom stereocenters. The van der Waals surface area contributed by atoms with E-state index in [4.69, 9.17) is 0 Å². The quantitative estimate of drug-likeness (QED) is 0.132. The molecule has 0 amide bonds. The molecule has 3 heteroatoms. The third-order valence-corrected chi connectivity index (χ3v) is 3.91. The summed E-state index contributed by atoms with van der Waals surface area (Å²) in [5.74, 6) is -0.246. The van der Waals surface area contributed by atoms with E-state index in [1.54, 1.807) is 6.92 Å². The zero-order valence-corrected chi connectivity index (χ0v) is 15.5. The largest absolute Gasteiger partial charge is 0.342 e. The SMILES string of the molecule is CCCCCCCCC=CCCCCCCCC(=O)OOCC. The van der Waals surface area contributed by atoms with E-state index < -0.39 is 0 Å². The maximum absolute atomic E-state index is 11.2. The smallest absolute Gasteiger partial charge is 0.298 e. The lowest BCUT2D eigenvalue weighted by molar-refractivity contribution is -0.269. The molecule has 0 radical (unpaired) electrons. The van der Waals surface area contributed by atoms with E-state index in [-0.39, 0.29) is 5.97 Å². The average Bonchev–Trinajstić information content (AvgIpc) is 2.56. The van der Waals surface area contributed by atoms with Gasteiger partial charge in [0, 0.05) is 6.42 Å². The highest BCUT2D eigenvalue weighted by atomic mass is 17.2. The second-order valence-electron chi connectivity index (χ2n) is 6.20. The second-order valence-corrected chi connectivity index (χ2v) is 6.20. The lowest BCUT2D eigenvalue weighted by Gasteiger charge is -2.01. The van der Waals surface area contributed by atoms with Gasteiger partial charge in [0.25, 0.3) is 0 Å². The summed E-state index contributed by atoms with van der Waals surface area (Å²) in [6, 6.07) is 0. The molecule has 0 unspecified atom stereocenters. The fourth-order valence-corrected chi connectivity index (χ4v) is 2.51. The van der Waals surface area contributed by atoms with Crippen molar-refractivity contribution in [2.75, 3.05) is 6.61 Å². The number of rotatable bonds is 17. The minimum atomic E-state index is -0.246. The van der Waals surface area contributed by atoms with Crippen LogP contribution in [0.25, 0.3) is 0 Å². The van der Waals surface area contributed by atoms with Gasteiger partial charge in [-0.1, -0.05) is 70.4 Å². The molecular weight excluding hydrogens is 288 g/mol. The van der Waals surface area contributed by atoms with Crippen molar-refractivity contribution in [3.8, 4) is 0 Å². The van der Waals surface area contributed by atoms with Gasteiger partial charge in [0.05, 0.1) is 6.61 Å². The normalized spacial score (nSPS) is 11.2. The van der Waals surface area contributed by atoms with E-state index in [1.807, 2.05) is 0 Å². The topological polar surface area (TPSA) is 35.5 Å². The highest BCUT2D eigenvalue weighted by Crippen LogP contribution is 2.10. The average molecular weight is 327 g/mol. The fourth-order valence-electron chi connectivity index (χ4n) is 2.51. The van der Waals surface area contributed by atoms with E-state index >= 15 is 0 Å². The molecule has 0 fully saturated rings. The number of hydrogen-bond acceptors (Lipinski definition) is 3. The lowest BCUT2D eigenvalue weighted by Crippen LogP contribution is -2.04. The van der Waals surface area contributed by atoms with Crippen LogP contribution in [-0.2, 0) is 14.6 Å². The van der Waals surface area contributed by atoms with Crippen LogP contribution in [-0.4, -0.2) is 12.6 Å². The summed E-state index contributed by atoms with van der Waals surface area (Å²) in [4.78, 5) is 20.4. The van der Waals surface area contributed by atoms with E-state index in [1.165, 1.54) is 70.6 Å². The van der Waals surface area contributed by atoms with Crippen LogP contribution in [0.5, 0.6) is 0 Å². The number of carbonyl (C=O) groups excluding carboxylic acids is 1. The van der Waals surface area contributed by atoms with Crippen molar-refractivity contribution < 1.29 is 14.6 Å². The van der Waals surface area contributed by atoms with Gasteiger partial charge >= 0.3 is 5.97 Å². The predicted octanol–water partition coefficient (Wildman–Crippen LogP) is 6.52. The van der Waals surface area contributed by atoms with E-state index in [2.05, 4.69) is 28.9 Å². The Labute approximate surface area is 143 Å². The van der Waals surface area contributed by atoms with Gasteiger partial charge in [0.15, 0.2) is 0 Å². The number of hydrogen-bond donors (Lipinski definition) is 0. The van der Waals surface area contributed by atoms with Crippen LogP contribution < -0.4 is 0 Å². The Kier molecular flexibility index (Phi) is 18.5. The minimum absolute atomic E-state index is 0.246. The van der Waals surface area contributed by atoms with Crippen molar-refractivity contribution >= 4 is 5.97 Å². The van der Waals surface area contributed by atoms with Gasteiger partial charge in [-0.05, 0) is 39.0 Å². The number of unbranched alkanes of at least 4 members (excludes halogenated alkanes) is 11. The molecule has 0 aliphatic rings. The van der Waals surface area contributed by atoms with Crippen molar-refractivity contribution in [2.45, 2.75) is 104 Å². The van der Waals surface area contributed by atoms with Crippen molar-refractivity contribution in [3.05, 3.63) is 12.2 Å². The van der Waals surface area contributed by atoms with Gasteiger partial charge in [-0.25, -0.2) is 4.79 Å². The van der Waals surface area contributed by atoms with Crippen LogP contribution in [0, 0.1) is 0 Å². The Balaban J connectivity index is 3.14. The van der Waals surface area contributed by atoms with E-state index in [0.717, 1.165) is 12.8 Å². The van der Waals surface area contributed by atoms with Crippen LogP contribution in [0.15, 0.2) is 12.2 Å². The van der Waals surface area contributed by atoms with Crippen molar-refractivity contribution in [1.82, 2.24) is 0 Å². The van der Waals surface area contributed by atoms with Gasteiger partial charge in [-0.2, -0.15) is 4.89 Å². The van der Waals surface area contributed by atoms with Crippen molar-refractivity contribution in [2.24, 2.45) is 0 Å². The highest BCUT2D eigenvalue weighted by Gasteiger charge is 2.02. The summed E-state index contributed by atoms with van der Waals surface area (Å²) in [6.45, 7) is 4.48. The highest BCUT2D eigenvalue weighted by molar-refractivity contribution is 5.68. The first-order valence-corrected chi connectivity index (χ1v) is 9.78. The molecule has 0 heterocycles. The molecule has 0 aliphatic carbocycles. The fraction of sp³-hybridized carbons (Fsp3) is 0.850. The molecule has 3 nitrogen and oxygen atoms in total. The van der Waals surface area contributed by atoms with E-state index in [9.17, 15) is 4.79 Å². The molecule has 0 aromatic heterocycles. The first-order valence-electron chi connectivity index (χ1n) is 9.78. The van der Waals surface area contributed by atoms with Gasteiger partial charge in [0.1, 0.15) is 0 Å². The van der Waals surface area contributed by atoms with Crippen LogP contribution in [0.1, 0.15) is 104 Å². The summed E-state index contributed by atoms with van der Waals surface area (Å²) in [6.07, 6.45) is 21.6. The van der Waals surface area contributed by atoms with Crippen LogP contribution in [0.4, 0.5) is 0 Å². The standard InChI is InChI=1S/C20H38O3/c1-3-5-6-7-8-9-10-11-12-13-14-15-16-17-18-19-20(21)23-22-4-2/h11-12H,3-10,13-19H2,1-2H3. The molecule has 0 saturated carbocycles. The zero-order valence-electron chi connectivity index (χ0n) is 15.5. The van der Waals surface area contributed by atoms with Crippen LogP contribution in [0.3, 0.4) is 0 Å². The van der Waals surface area contributed by atoms with Gasteiger partial charge in [-0.3, -0.25) is 4.89 Å². The van der Waals surface area contributed by atoms with Crippen molar-refractivity contribution in [3.63, 3.8) is 0 Å². The third kappa shape index (κ3) is 19.1. The number of carbonyl (C=O) groups is 1. The predicted molar refractivity (Wildman–Crippen MR) is 97.2 cm³/mol. The Morgan fingerprint density at radius 2 is 1.26 bits per heavy atom. The molecule has 0 saturated heterocycles. The Morgan fingerprint density at radius 3 is 1.83 bits per heavy atom. The lowest BCUT2D eigenvalue weighted by atomic mass is 10.1. The van der Waals surface area contributed by atoms with E-state index in [0.29, 0.717) is 13.0 Å². The zero-order chi connectivity index (χ0) is 17.0. The maximum Gasteiger partial charge on any atom is 0.342 e. The number of allylic oxidation sites excluding steroid dienone is 2. The Morgan fingerprint density at radius 1 is 0.739 bits per heavy atom. The molecule has 0 aromatic rings. The van der Waals surface area contributed by atoms with Crippen LogP contribution >= 0.6 is 0 Å². The molecule has 0 aliphatic heterocycles. The molecule has 0 aromatic carbocycles. The van der Waals surface area contributed by atoms with Gasteiger partial charge in [-0.15, -0.1) is 0 Å². The molecule has 0 spiro atoms.